The zero-order chi connectivity index (χ0) is 22.3. The van der Waals surface area contributed by atoms with Gasteiger partial charge in [-0.2, -0.15) is 15.3 Å². The molecule has 4 rings (SSSR count). The van der Waals surface area contributed by atoms with Gasteiger partial charge in [0, 0.05) is 35.2 Å². The van der Waals surface area contributed by atoms with E-state index in [1.165, 1.54) is 5.69 Å². The topological polar surface area (TPSA) is 78.7 Å². The van der Waals surface area contributed by atoms with Gasteiger partial charge < -0.3 is 10.6 Å². The lowest BCUT2D eigenvalue weighted by atomic mass is 10.1. The first-order chi connectivity index (χ1) is 15.7. The Labute approximate surface area is 188 Å². The fourth-order valence-electron chi connectivity index (χ4n) is 3.53. The van der Waals surface area contributed by atoms with Crippen molar-refractivity contribution in [2.75, 3.05) is 23.7 Å². The molecule has 0 amide bonds. The number of benzene rings is 4. The van der Waals surface area contributed by atoms with Gasteiger partial charge in [0.1, 0.15) is 0 Å². The molecule has 0 bridgehead atoms. The quantitative estimate of drug-likeness (QED) is 0.241. The van der Waals surface area contributed by atoms with Crippen LogP contribution in [0.4, 0.5) is 34.1 Å². The highest BCUT2D eigenvalue weighted by atomic mass is 15.1. The average molecular weight is 423 g/mol. The van der Waals surface area contributed by atoms with E-state index in [4.69, 9.17) is 5.73 Å². The molecule has 0 heterocycles. The number of hydrogen-bond acceptors (Lipinski definition) is 6. The van der Waals surface area contributed by atoms with Crippen LogP contribution in [0.1, 0.15) is 13.8 Å². The van der Waals surface area contributed by atoms with Gasteiger partial charge in [-0.1, -0.05) is 24.3 Å². The lowest BCUT2D eigenvalue weighted by molar-refractivity contribution is 0.866. The smallest absolute Gasteiger partial charge is 0.0936 e. The Morgan fingerprint density at radius 3 is 1.66 bits per heavy atom. The minimum Gasteiger partial charge on any atom is -0.398 e. The molecule has 6 nitrogen and oxygen atoms in total. The summed E-state index contributed by atoms with van der Waals surface area (Å²) in [5.74, 6) is 0. The molecule has 0 aromatic heterocycles. The maximum absolute atomic E-state index is 6.06. The molecule has 4 aromatic rings. The Bertz CT molecular complexity index is 1240. The van der Waals surface area contributed by atoms with Crippen molar-refractivity contribution in [2.24, 2.45) is 20.5 Å². The molecule has 0 spiro atoms. The second-order valence-corrected chi connectivity index (χ2v) is 7.32. The van der Waals surface area contributed by atoms with E-state index in [0.717, 1.165) is 52.3 Å². The predicted octanol–water partition coefficient (Wildman–Crippen LogP) is 8.10. The first kappa shape index (κ1) is 21.2. The lowest BCUT2D eigenvalue weighted by Crippen LogP contribution is -2.21. The van der Waals surface area contributed by atoms with Gasteiger partial charge in [0.15, 0.2) is 0 Å². The van der Waals surface area contributed by atoms with Crippen LogP contribution in [-0.2, 0) is 0 Å². The van der Waals surface area contributed by atoms with Crippen molar-refractivity contribution < 1.29 is 0 Å². The number of fused-ring (bicyclic) bond motifs is 1. The molecule has 0 radical (unpaired) electrons. The third-order valence-electron chi connectivity index (χ3n) is 5.32. The van der Waals surface area contributed by atoms with Crippen molar-refractivity contribution in [1.82, 2.24) is 0 Å². The van der Waals surface area contributed by atoms with Gasteiger partial charge in [-0.3, -0.25) is 0 Å². The molecule has 0 saturated carbocycles. The van der Waals surface area contributed by atoms with Crippen molar-refractivity contribution in [1.29, 1.82) is 0 Å². The number of azo groups is 2. The zero-order valence-corrected chi connectivity index (χ0v) is 18.3. The molecular formula is C26H26N6. The standard InChI is InChI=1S/C26H26N6/c1-3-32(4-2)22-15-13-21(14-16-22)29-28-19-9-11-20(12-10-19)30-31-26-18-17-25(27)23-7-5-6-8-24(23)26/h5-18H,3-4,27H2,1-2H3. The van der Waals surface area contributed by atoms with E-state index >= 15 is 0 Å². The van der Waals surface area contributed by atoms with E-state index in [2.05, 4.69) is 51.3 Å². The number of nitrogen functional groups attached to an aromatic ring is 1. The number of nitrogens with two attached hydrogens (primary N) is 1. The van der Waals surface area contributed by atoms with Gasteiger partial charge in [0.25, 0.3) is 0 Å². The molecule has 2 N–H and O–H groups in total. The van der Waals surface area contributed by atoms with E-state index < -0.39 is 0 Å². The molecule has 160 valence electrons. The van der Waals surface area contributed by atoms with Crippen molar-refractivity contribution in [2.45, 2.75) is 13.8 Å². The van der Waals surface area contributed by atoms with Crippen molar-refractivity contribution in [3.05, 3.63) is 84.9 Å². The Morgan fingerprint density at radius 2 is 1.09 bits per heavy atom. The highest BCUT2D eigenvalue weighted by Gasteiger charge is 2.03. The van der Waals surface area contributed by atoms with Crippen LogP contribution in [-0.4, -0.2) is 13.1 Å². The summed E-state index contributed by atoms with van der Waals surface area (Å²) in [4.78, 5) is 2.29. The van der Waals surface area contributed by atoms with Gasteiger partial charge in [0.05, 0.1) is 22.7 Å². The number of nitrogens with zero attached hydrogens (tertiary/aromatic N) is 5. The van der Waals surface area contributed by atoms with Crippen LogP contribution in [0.2, 0.25) is 0 Å². The van der Waals surface area contributed by atoms with Crippen molar-refractivity contribution >= 4 is 44.9 Å². The summed E-state index contributed by atoms with van der Waals surface area (Å²) < 4.78 is 0. The molecule has 0 unspecified atom stereocenters. The highest BCUT2D eigenvalue weighted by Crippen LogP contribution is 2.31. The van der Waals surface area contributed by atoms with Gasteiger partial charge >= 0.3 is 0 Å². The second kappa shape index (κ2) is 9.83. The third kappa shape index (κ3) is 4.81. The normalized spacial score (nSPS) is 11.6. The lowest BCUT2D eigenvalue weighted by Gasteiger charge is -2.20. The minimum atomic E-state index is 0.733. The fourth-order valence-corrected chi connectivity index (χ4v) is 3.53. The van der Waals surface area contributed by atoms with Gasteiger partial charge in [0.2, 0.25) is 0 Å². The highest BCUT2D eigenvalue weighted by molar-refractivity contribution is 5.99. The summed E-state index contributed by atoms with van der Waals surface area (Å²) in [6.45, 7) is 6.27. The number of anilines is 2. The Balaban J connectivity index is 1.45. The van der Waals surface area contributed by atoms with Crippen molar-refractivity contribution in [3.8, 4) is 0 Å². The molecule has 6 heteroatoms. The first-order valence-corrected chi connectivity index (χ1v) is 10.7. The first-order valence-electron chi connectivity index (χ1n) is 10.7. The summed E-state index contributed by atoms with van der Waals surface area (Å²) >= 11 is 0. The largest absolute Gasteiger partial charge is 0.398 e. The van der Waals surface area contributed by atoms with E-state index in [1.807, 2.05) is 72.8 Å². The Hall–Kier alpha value is -4.06. The van der Waals surface area contributed by atoms with E-state index in [9.17, 15) is 0 Å². The van der Waals surface area contributed by atoms with Crippen molar-refractivity contribution in [3.63, 3.8) is 0 Å². The zero-order valence-electron chi connectivity index (χ0n) is 18.3. The summed E-state index contributed by atoms with van der Waals surface area (Å²) in [5, 5.41) is 19.4. The SMILES string of the molecule is CCN(CC)c1ccc(N=Nc2ccc(N=Nc3ccc(N)c4ccccc34)cc2)cc1. The van der Waals surface area contributed by atoms with Gasteiger partial charge in [-0.15, -0.1) is 5.11 Å². The van der Waals surface area contributed by atoms with E-state index in [0.29, 0.717) is 0 Å². The van der Waals surface area contributed by atoms with Gasteiger partial charge in [-0.25, -0.2) is 0 Å². The predicted molar refractivity (Wildman–Crippen MR) is 133 cm³/mol. The Morgan fingerprint density at radius 1 is 0.594 bits per heavy atom. The second-order valence-electron chi connectivity index (χ2n) is 7.32. The molecule has 0 atom stereocenters. The van der Waals surface area contributed by atoms with Gasteiger partial charge in [-0.05, 0) is 74.5 Å². The van der Waals surface area contributed by atoms with Crippen LogP contribution in [0, 0.1) is 0 Å². The number of hydrogen-bond donors (Lipinski definition) is 1. The van der Waals surface area contributed by atoms with Crippen LogP contribution in [0.3, 0.4) is 0 Å². The molecule has 4 aromatic carbocycles. The van der Waals surface area contributed by atoms with Crippen LogP contribution >= 0.6 is 0 Å². The van der Waals surface area contributed by atoms with Crippen LogP contribution in [0.25, 0.3) is 10.8 Å². The third-order valence-corrected chi connectivity index (χ3v) is 5.32. The van der Waals surface area contributed by atoms with Crippen LogP contribution < -0.4 is 10.6 Å². The molecule has 32 heavy (non-hydrogen) atoms. The maximum Gasteiger partial charge on any atom is 0.0936 e. The molecule has 0 saturated heterocycles. The number of rotatable bonds is 7. The fraction of sp³-hybridized carbons (Fsp3) is 0.154. The van der Waals surface area contributed by atoms with E-state index in [1.54, 1.807) is 0 Å². The molecule has 0 aliphatic heterocycles. The monoisotopic (exact) mass is 422 g/mol. The summed E-state index contributed by atoms with van der Waals surface area (Å²) in [6, 6.07) is 27.3. The van der Waals surface area contributed by atoms with E-state index in [-0.39, 0.29) is 0 Å². The molecule has 0 aliphatic rings. The summed E-state index contributed by atoms with van der Waals surface area (Å²) in [6.07, 6.45) is 0. The van der Waals surface area contributed by atoms with Crippen LogP contribution in [0.5, 0.6) is 0 Å². The maximum atomic E-state index is 6.06. The molecular weight excluding hydrogens is 396 g/mol. The average Bonchev–Trinajstić information content (AvgIpc) is 2.85. The Kier molecular flexibility index (Phi) is 6.51. The molecule has 0 aliphatic carbocycles. The molecule has 0 fully saturated rings. The minimum absolute atomic E-state index is 0.733. The summed E-state index contributed by atoms with van der Waals surface area (Å²) in [5.41, 5.74) is 11.1. The van der Waals surface area contributed by atoms with Crippen LogP contribution in [0.15, 0.2) is 105 Å². The summed E-state index contributed by atoms with van der Waals surface area (Å²) in [7, 11) is 0.